The van der Waals surface area contributed by atoms with Crippen LogP contribution in [0.25, 0.3) is 5.65 Å². The molecule has 0 aromatic carbocycles. The third-order valence-electron chi connectivity index (χ3n) is 2.28. The van der Waals surface area contributed by atoms with Crippen molar-refractivity contribution >= 4 is 5.65 Å². The molecule has 0 saturated heterocycles. The normalized spacial score (nSPS) is 11.6. The maximum Gasteiger partial charge on any atom is 0.153 e. The highest BCUT2D eigenvalue weighted by Crippen LogP contribution is 2.22. The third kappa shape index (κ3) is 1.59. The number of hydrogen-bond donors (Lipinski definition) is 0. The average molecular weight is 199 g/mol. The Labute approximate surface area is 89.1 Å². The molecule has 3 nitrogen and oxygen atoms in total. The number of aromatic nitrogens is 3. The molecule has 0 aliphatic heterocycles. The largest absolute Gasteiger partial charge is 0.235 e. The zero-order valence-electron chi connectivity index (χ0n) is 9.15. The van der Waals surface area contributed by atoms with Crippen molar-refractivity contribution in [2.75, 3.05) is 0 Å². The third-order valence-corrected chi connectivity index (χ3v) is 2.28. The number of rotatable bonds is 0. The lowest BCUT2D eigenvalue weighted by molar-refractivity contribution is 0.550. The predicted molar refractivity (Wildman–Crippen MR) is 59.6 cm³/mol. The minimum Gasteiger partial charge on any atom is -0.235 e. The van der Waals surface area contributed by atoms with Crippen LogP contribution in [0, 0.1) is 12.3 Å². The van der Waals surface area contributed by atoms with Crippen LogP contribution in [0.3, 0.4) is 0 Å². The second-order valence-electron chi connectivity index (χ2n) is 4.53. The van der Waals surface area contributed by atoms with Gasteiger partial charge in [-0.3, -0.25) is 0 Å². The average Bonchev–Trinajstić information content (AvgIpc) is 2.59. The van der Waals surface area contributed by atoms with Crippen LogP contribution >= 0.6 is 0 Å². The molecule has 2 rings (SSSR count). The summed E-state index contributed by atoms with van der Waals surface area (Å²) >= 11 is 0. The molecule has 2 heterocycles. The van der Waals surface area contributed by atoms with Crippen molar-refractivity contribution in [3.05, 3.63) is 29.7 Å². The molecule has 0 spiro atoms. The summed E-state index contributed by atoms with van der Waals surface area (Å²) in [5, 5.41) is 4.34. The van der Waals surface area contributed by atoms with Crippen LogP contribution in [0.1, 0.15) is 32.2 Å². The van der Waals surface area contributed by atoms with Gasteiger partial charge < -0.3 is 0 Å². The Kier molecular flexibility index (Phi) is 2.01. The molecule has 0 unspecified atom stereocenters. The van der Waals surface area contributed by atoms with E-state index in [2.05, 4.69) is 36.8 Å². The summed E-state index contributed by atoms with van der Waals surface area (Å²) in [5.74, 6) is 2.53. The maximum absolute atomic E-state index is 5.32. The van der Waals surface area contributed by atoms with Gasteiger partial charge in [0.25, 0.3) is 0 Å². The van der Waals surface area contributed by atoms with Gasteiger partial charge in [-0.2, -0.15) is 5.10 Å². The molecular formula is C12H13N3. The summed E-state index contributed by atoms with van der Waals surface area (Å²) in [5.41, 5.74) is 2.54. The number of imidazole rings is 1. The van der Waals surface area contributed by atoms with Gasteiger partial charge in [-0.05, 0) is 18.1 Å². The van der Waals surface area contributed by atoms with Crippen LogP contribution in [0.2, 0.25) is 0 Å². The Balaban J connectivity index is 2.73. The molecule has 0 saturated carbocycles. The quantitative estimate of drug-likeness (QED) is 0.607. The van der Waals surface area contributed by atoms with Crippen LogP contribution < -0.4 is 0 Å². The molecule has 0 N–H and O–H groups in total. The number of fused-ring (bicyclic) bond motifs is 1. The van der Waals surface area contributed by atoms with Gasteiger partial charge >= 0.3 is 0 Å². The van der Waals surface area contributed by atoms with E-state index in [-0.39, 0.29) is 5.41 Å². The first kappa shape index (κ1) is 9.72. The number of hydrogen-bond acceptors (Lipinski definition) is 2. The van der Waals surface area contributed by atoms with Crippen LogP contribution in [0.15, 0.2) is 18.3 Å². The van der Waals surface area contributed by atoms with Crippen molar-refractivity contribution in [1.29, 1.82) is 0 Å². The highest BCUT2D eigenvalue weighted by Gasteiger charge is 2.19. The molecule has 2 aromatic heterocycles. The molecule has 15 heavy (non-hydrogen) atoms. The van der Waals surface area contributed by atoms with E-state index in [1.54, 1.807) is 6.07 Å². The minimum atomic E-state index is 0.0135. The van der Waals surface area contributed by atoms with Crippen molar-refractivity contribution < 1.29 is 0 Å². The van der Waals surface area contributed by atoms with E-state index in [4.69, 9.17) is 6.42 Å². The lowest BCUT2D eigenvalue weighted by atomic mass is 9.93. The molecule has 0 bridgehead atoms. The lowest BCUT2D eigenvalue weighted by Crippen LogP contribution is -2.15. The Morgan fingerprint density at radius 3 is 2.67 bits per heavy atom. The van der Waals surface area contributed by atoms with Crippen LogP contribution in [0.5, 0.6) is 0 Å². The molecule has 76 valence electrons. The van der Waals surface area contributed by atoms with E-state index in [0.29, 0.717) is 5.69 Å². The summed E-state index contributed by atoms with van der Waals surface area (Å²) in [6.07, 6.45) is 7.17. The number of nitrogens with zero attached hydrogens (tertiary/aromatic N) is 3. The van der Waals surface area contributed by atoms with Gasteiger partial charge in [-0.25, -0.2) is 9.50 Å². The second-order valence-corrected chi connectivity index (χ2v) is 4.53. The van der Waals surface area contributed by atoms with Crippen molar-refractivity contribution in [3.63, 3.8) is 0 Å². The molecule has 0 fully saturated rings. The first-order valence-corrected chi connectivity index (χ1v) is 4.84. The minimum absolute atomic E-state index is 0.0135. The topological polar surface area (TPSA) is 30.2 Å². The first-order chi connectivity index (χ1) is 7.02. The van der Waals surface area contributed by atoms with Gasteiger partial charge in [-0.1, -0.05) is 20.8 Å². The van der Waals surface area contributed by atoms with Crippen molar-refractivity contribution in [2.24, 2.45) is 0 Å². The standard InChI is InChI=1S/C12H13N3/c1-5-9-6-7-11-13-8-10(12(2,3)4)15(11)14-9/h1,6-8H,2-4H3. The van der Waals surface area contributed by atoms with Gasteiger partial charge in [-0.15, -0.1) is 6.42 Å². The summed E-state index contributed by atoms with van der Waals surface area (Å²) < 4.78 is 1.81. The highest BCUT2D eigenvalue weighted by atomic mass is 15.3. The Morgan fingerprint density at radius 1 is 1.33 bits per heavy atom. The van der Waals surface area contributed by atoms with Crippen molar-refractivity contribution in [3.8, 4) is 12.3 Å². The van der Waals surface area contributed by atoms with E-state index in [1.807, 2.05) is 16.8 Å². The second kappa shape index (κ2) is 3.09. The molecule has 0 atom stereocenters. The monoisotopic (exact) mass is 199 g/mol. The first-order valence-electron chi connectivity index (χ1n) is 4.84. The van der Waals surface area contributed by atoms with Gasteiger partial charge in [0.05, 0.1) is 11.9 Å². The predicted octanol–water partition coefficient (Wildman–Crippen LogP) is 2.01. The van der Waals surface area contributed by atoms with Gasteiger partial charge in [0.1, 0.15) is 5.69 Å². The van der Waals surface area contributed by atoms with E-state index in [0.717, 1.165) is 11.3 Å². The molecule has 0 amide bonds. The van der Waals surface area contributed by atoms with Crippen LogP contribution in [-0.4, -0.2) is 14.6 Å². The van der Waals surface area contributed by atoms with E-state index < -0.39 is 0 Å². The van der Waals surface area contributed by atoms with Gasteiger partial charge in [0, 0.05) is 5.41 Å². The summed E-state index contributed by atoms with van der Waals surface area (Å²) in [7, 11) is 0. The maximum atomic E-state index is 5.32. The Bertz CT molecular complexity index is 538. The van der Waals surface area contributed by atoms with E-state index in [1.165, 1.54) is 0 Å². The van der Waals surface area contributed by atoms with Gasteiger partial charge in [0.15, 0.2) is 5.65 Å². The highest BCUT2D eigenvalue weighted by molar-refractivity contribution is 5.42. The molecule has 2 aromatic rings. The SMILES string of the molecule is C#Cc1ccc2ncc(C(C)(C)C)n2n1. The molecule has 0 radical (unpaired) electrons. The summed E-state index contributed by atoms with van der Waals surface area (Å²) in [4.78, 5) is 4.29. The molecule has 3 heteroatoms. The summed E-state index contributed by atoms with van der Waals surface area (Å²) in [6.45, 7) is 6.38. The Morgan fingerprint density at radius 2 is 2.07 bits per heavy atom. The molecule has 0 aliphatic carbocycles. The van der Waals surface area contributed by atoms with Gasteiger partial charge in [0.2, 0.25) is 0 Å². The lowest BCUT2D eigenvalue weighted by Gasteiger charge is -2.16. The fourth-order valence-corrected chi connectivity index (χ4v) is 1.46. The van der Waals surface area contributed by atoms with Crippen molar-refractivity contribution in [2.45, 2.75) is 26.2 Å². The molecule has 0 aliphatic rings. The van der Waals surface area contributed by atoms with Crippen LogP contribution in [-0.2, 0) is 5.41 Å². The summed E-state index contributed by atoms with van der Waals surface area (Å²) in [6, 6.07) is 3.69. The number of terminal acetylenes is 1. The molecular weight excluding hydrogens is 186 g/mol. The smallest absolute Gasteiger partial charge is 0.153 e. The zero-order chi connectivity index (χ0) is 11.1. The van der Waals surface area contributed by atoms with E-state index in [9.17, 15) is 0 Å². The van der Waals surface area contributed by atoms with E-state index >= 15 is 0 Å². The fourth-order valence-electron chi connectivity index (χ4n) is 1.46. The van der Waals surface area contributed by atoms with Crippen LogP contribution in [0.4, 0.5) is 0 Å². The Hall–Kier alpha value is -1.82. The zero-order valence-corrected chi connectivity index (χ0v) is 9.15. The van der Waals surface area contributed by atoms with Crippen molar-refractivity contribution in [1.82, 2.24) is 14.6 Å². The fraction of sp³-hybridized carbons (Fsp3) is 0.333.